The number of methoxy groups -OCH3 is 2. The molecule has 7 aromatic rings. The molecule has 0 bridgehead atoms. The number of non-ortho nitro benzene ring substituents is 2. The number of nitrogens with zero attached hydrogens (tertiary/aromatic N) is 5. The van der Waals surface area contributed by atoms with E-state index in [1.807, 2.05) is 35.2 Å². The second-order valence-electron chi connectivity index (χ2n) is 19.5. The molecule has 4 unspecified atom stereocenters. The molecular formula is C56H54F2N6O12. The molecule has 0 radical (unpaired) electrons. The summed E-state index contributed by atoms with van der Waals surface area (Å²) in [6.45, 7) is 4.97. The molecule has 76 heavy (non-hydrogen) atoms. The fraction of sp³-hybridized carbons (Fsp3) is 0.339. The summed E-state index contributed by atoms with van der Waals surface area (Å²) < 4.78 is 69.4. The summed E-state index contributed by atoms with van der Waals surface area (Å²) in [6, 6.07) is 26.4. The van der Waals surface area contributed by atoms with Gasteiger partial charge >= 0.3 is 6.09 Å². The lowest BCUT2D eigenvalue weighted by molar-refractivity contribution is -0.385. The monoisotopic (exact) mass is 1040 g/mol. The zero-order valence-electron chi connectivity index (χ0n) is 41.6. The first-order valence-electron chi connectivity index (χ1n) is 25.0. The van der Waals surface area contributed by atoms with Crippen LogP contribution in [0.1, 0.15) is 31.2 Å². The van der Waals surface area contributed by atoms with Crippen LogP contribution in [0.5, 0.6) is 46.0 Å². The van der Waals surface area contributed by atoms with Gasteiger partial charge in [0.1, 0.15) is 18.1 Å². The van der Waals surface area contributed by atoms with Gasteiger partial charge in [0.15, 0.2) is 46.1 Å². The van der Waals surface area contributed by atoms with Gasteiger partial charge in [-0.2, -0.15) is 0 Å². The standard InChI is InChI=1S/C32H30FN3O7.C24H24FN3O5/c1-40-30-14-25-27(34-10-9-28(25)43-29-8-7-24(36(38)39)13-26(29)33)15-31(30)41-19-21-11-22-16-35(17-23(22)12-21)32(37)42-18-20-5-3-2-4-6-20;1-31-23-9-18-20(10-24(23)32-13-14-6-15-11-26-12-16(15)7-14)27-5-4-21(18)33-22-3-2-17(28(29)30)8-19(22)25/h2-10,13-15,21-23H,11-12,16-19H2,1H3;2-5,8-10,14-16,26H,6-7,11-13H2,1H3. The van der Waals surface area contributed by atoms with Crippen LogP contribution in [0, 0.1) is 67.4 Å². The van der Waals surface area contributed by atoms with Crippen molar-refractivity contribution in [2.75, 3.05) is 53.6 Å². The fourth-order valence-electron chi connectivity index (χ4n) is 11.0. The molecule has 4 atom stereocenters. The van der Waals surface area contributed by atoms with Crippen molar-refractivity contribution in [3.05, 3.63) is 153 Å². The van der Waals surface area contributed by atoms with Crippen LogP contribution in [0.4, 0.5) is 25.0 Å². The van der Waals surface area contributed by atoms with Crippen molar-refractivity contribution in [3.63, 3.8) is 0 Å². The number of amides is 1. The van der Waals surface area contributed by atoms with Gasteiger partial charge in [-0.05, 0) is 116 Å². The van der Waals surface area contributed by atoms with E-state index in [2.05, 4.69) is 15.3 Å². The molecule has 4 fully saturated rings. The quantitative estimate of drug-likeness (QED) is 0.0705. The number of carbonyl (C=O) groups is 1. The topological polar surface area (TPSA) is 209 Å². The summed E-state index contributed by atoms with van der Waals surface area (Å²) in [5, 5.41) is 26.4. The predicted octanol–water partition coefficient (Wildman–Crippen LogP) is 11.5. The first-order valence-corrected chi connectivity index (χ1v) is 25.0. The number of hydrogen-bond donors (Lipinski definition) is 1. The van der Waals surface area contributed by atoms with E-state index in [0.717, 1.165) is 55.5 Å². The molecule has 5 aromatic carbocycles. The van der Waals surface area contributed by atoms with Crippen LogP contribution in [0.25, 0.3) is 21.8 Å². The smallest absolute Gasteiger partial charge is 0.410 e. The van der Waals surface area contributed by atoms with Gasteiger partial charge in [0.25, 0.3) is 11.4 Å². The fourth-order valence-corrected chi connectivity index (χ4v) is 11.0. The van der Waals surface area contributed by atoms with Crippen molar-refractivity contribution in [1.82, 2.24) is 20.2 Å². The van der Waals surface area contributed by atoms with Gasteiger partial charge in [0, 0.05) is 60.5 Å². The molecule has 4 aliphatic rings. The molecule has 2 aliphatic heterocycles. The second kappa shape index (κ2) is 22.6. The lowest BCUT2D eigenvalue weighted by atomic mass is 10.0. The highest BCUT2D eigenvalue weighted by Gasteiger charge is 2.43. The lowest BCUT2D eigenvalue weighted by Crippen LogP contribution is -2.30. The number of nitrogens with one attached hydrogen (secondary N) is 1. The number of nitro groups is 2. The van der Waals surface area contributed by atoms with E-state index in [1.54, 1.807) is 49.7 Å². The van der Waals surface area contributed by atoms with Crippen molar-refractivity contribution in [3.8, 4) is 46.0 Å². The number of likely N-dealkylation sites (tertiary alicyclic amines) is 1. The average molecular weight is 1040 g/mol. The summed E-state index contributed by atoms with van der Waals surface area (Å²) in [5.41, 5.74) is 1.43. The maximum atomic E-state index is 14.5. The van der Waals surface area contributed by atoms with Crippen molar-refractivity contribution in [2.45, 2.75) is 32.3 Å². The number of halogens is 2. The summed E-state index contributed by atoms with van der Waals surface area (Å²) in [6.07, 6.45) is 7.09. The van der Waals surface area contributed by atoms with Crippen LogP contribution >= 0.6 is 0 Å². The van der Waals surface area contributed by atoms with Gasteiger partial charge in [0.2, 0.25) is 0 Å². The number of hydrogen-bond acceptors (Lipinski definition) is 15. The summed E-state index contributed by atoms with van der Waals surface area (Å²) >= 11 is 0. The van der Waals surface area contributed by atoms with Crippen LogP contribution in [0.3, 0.4) is 0 Å². The minimum Gasteiger partial charge on any atom is -0.493 e. The highest BCUT2D eigenvalue weighted by molar-refractivity contribution is 5.89. The predicted molar refractivity (Wildman–Crippen MR) is 274 cm³/mol. The van der Waals surface area contributed by atoms with E-state index in [0.29, 0.717) is 106 Å². The number of carbonyl (C=O) groups excluding carboxylic acids is 1. The van der Waals surface area contributed by atoms with Crippen molar-refractivity contribution in [1.29, 1.82) is 0 Å². The van der Waals surface area contributed by atoms with Crippen LogP contribution < -0.4 is 33.7 Å². The molecule has 0 spiro atoms. The second-order valence-corrected chi connectivity index (χ2v) is 19.5. The molecular weight excluding hydrogens is 987 g/mol. The van der Waals surface area contributed by atoms with Gasteiger partial charge in [-0.1, -0.05) is 30.3 Å². The van der Waals surface area contributed by atoms with Gasteiger partial charge in [-0.3, -0.25) is 30.2 Å². The van der Waals surface area contributed by atoms with E-state index in [4.69, 9.17) is 33.2 Å². The van der Waals surface area contributed by atoms with Crippen molar-refractivity contribution >= 4 is 39.3 Å². The Morgan fingerprint density at radius 3 is 1.53 bits per heavy atom. The summed E-state index contributed by atoms with van der Waals surface area (Å²) in [7, 11) is 3.10. The molecule has 1 N–H and O–H groups in total. The third-order valence-electron chi connectivity index (χ3n) is 14.7. The van der Waals surface area contributed by atoms with E-state index >= 15 is 0 Å². The molecule has 2 saturated heterocycles. The largest absolute Gasteiger partial charge is 0.493 e. The van der Waals surface area contributed by atoms with Crippen molar-refractivity contribution in [2.24, 2.45) is 35.5 Å². The zero-order valence-corrected chi connectivity index (χ0v) is 41.6. The minimum absolute atomic E-state index is 0.117. The number of fused-ring (bicyclic) bond motifs is 4. The third-order valence-corrected chi connectivity index (χ3v) is 14.7. The van der Waals surface area contributed by atoms with Gasteiger partial charge in [-0.15, -0.1) is 0 Å². The van der Waals surface area contributed by atoms with Crippen LogP contribution in [0.2, 0.25) is 0 Å². The summed E-state index contributed by atoms with van der Waals surface area (Å²) in [5.74, 6) is 4.07. The molecule has 2 aliphatic carbocycles. The Hall–Kier alpha value is -8.39. The Labute approximate surface area is 435 Å². The number of benzene rings is 5. The van der Waals surface area contributed by atoms with Gasteiger partial charge in [-0.25, -0.2) is 13.6 Å². The van der Waals surface area contributed by atoms with Gasteiger partial charge in [0.05, 0.1) is 60.4 Å². The number of ether oxygens (including phenoxy) is 7. The van der Waals surface area contributed by atoms with E-state index < -0.39 is 21.5 Å². The Morgan fingerprint density at radius 2 is 1.08 bits per heavy atom. The molecule has 20 heteroatoms. The Morgan fingerprint density at radius 1 is 0.605 bits per heavy atom. The van der Waals surface area contributed by atoms with Crippen LogP contribution in [-0.2, 0) is 11.3 Å². The maximum Gasteiger partial charge on any atom is 0.410 e. The van der Waals surface area contributed by atoms with E-state index in [-0.39, 0.29) is 35.6 Å². The first kappa shape index (κ1) is 51.1. The lowest BCUT2D eigenvalue weighted by Gasteiger charge is -2.20. The first-order chi connectivity index (χ1) is 36.9. The Balaban J connectivity index is 0.000000179. The normalized spacial score (nSPS) is 20.3. The molecule has 18 nitrogen and oxygen atoms in total. The maximum absolute atomic E-state index is 14.5. The molecule has 11 rings (SSSR count). The van der Waals surface area contributed by atoms with Crippen LogP contribution in [-0.4, -0.2) is 84.4 Å². The van der Waals surface area contributed by atoms with Crippen molar-refractivity contribution < 1.29 is 56.6 Å². The highest BCUT2D eigenvalue weighted by atomic mass is 19.1. The van der Waals surface area contributed by atoms with Gasteiger partial charge < -0.3 is 43.4 Å². The SMILES string of the molecule is COc1cc2c(Oc3ccc([N+](=O)[O-])cc3F)ccnc2cc1OCC1CC2CN(C(=O)OCc3ccccc3)CC2C1.COc1cc2c(Oc3ccc([N+](=O)[O-])cc3F)ccnc2cc1OCC1CC2CNCC2C1. The van der Waals surface area contributed by atoms with E-state index in [1.165, 1.54) is 50.4 Å². The highest BCUT2D eigenvalue weighted by Crippen LogP contribution is 2.45. The number of aromatic nitrogens is 2. The minimum atomic E-state index is -0.848. The molecule has 1 amide bonds. The molecule has 2 saturated carbocycles. The third kappa shape index (κ3) is 11.5. The molecule has 394 valence electrons. The Bertz CT molecular complexity index is 3260. The van der Waals surface area contributed by atoms with Crippen LogP contribution in [0.15, 0.2) is 116 Å². The number of pyridine rings is 2. The number of nitro benzene ring substituents is 2. The average Bonchev–Trinajstić information content (AvgIpc) is 4.23. The molecule has 4 heterocycles. The Kier molecular flexibility index (Phi) is 15.2. The number of rotatable bonds is 16. The van der Waals surface area contributed by atoms with E-state index in [9.17, 15) is 33.8 Å². The zero-order chi connectivity index (χ0) is 52.9. The summed E-state index contributed by atoms with van der Waals surface area (Å²) in [4.78, 5) is 43.7. The molecule has 2 aromatic heterocycles.